The van der Waals surface area contributed by atoms with Crippen molar-refractivity contribution < 1.29 is 0 Å². The van der Waals surface area contributed by atoms with Gasteiger partial charge in [-0.1, -0.05) is 36.0 Å². The highest BCUT2D eigenvalue weighted by Gasteiger charge is 2.26. The number of hydrogen-bond donors (Lipinski definition) is 2. The molecule has 4 nitrogen and oxygen atoms in total. The average Bonchev–Trinajstić information content (AvgIpc) is 2.93. The number of nitrogens with zero attached hydrogens (tertiary/aromatic N) is 2. The van der Waals surface area contributed by atoms with Gasteiger partial charge in [-0.2, -0.15) is 5.26 Å². The Morgan fingerprint density at radius 2 is 1.78 bits per heavy atom. The Hall–Kier alpha value is -2.84. The summed E-state index contributed by atoms with van der Waals surface area (Å²) < 4.78 is 0. The molecule has 112 valence electrons. The molecule has 4 rings (SSSR count). The van der Waals surface area contributed by atoms with Gasteiger partial charge in [-0.05, 0) is 24.3 Å². The third-order valence-electron chi connectivity index (χ3n) is 3.93. The number of hydrogen-bond acceptors (Lipinski definition) is 5. The number of anilines is 3. The van der Waals surface area contributed by atoms with E-state index in [1.54, 1.807) is 11.8 Å². The van der Waals surface area contributed by atoms with Crippen LogP contribution in [0.1, 0.15) is 0 Å². The van der Waals surface area contributed by atoms with E-state index in [-0.39, 0.29) is 0 Å². The molecule has 0 aromatic heterocycles. The second-order valence-electron chi connectivity index (χ2n) is 5.31. The zero-order chi connectivity index (χ0) is 15.8. The number of thioether (sulfide) groups is 1. The molecule has 0 radical (unpaired) electrons. The molecule has 5 heteroatoms. The van der Waals surface area contributed by atoms with Gasteiger partial charge in [0.15, 0.2) is 0 Å². The Morgan fingerprint density at radius 1 is 1.04 bits per heavy atom. The number of allylic oxidation sites excluding steroid dienone is 1. The van der Waals surface area contributed by atoms with Crippen LogP contribution >= 0.6 is 11.8 Å². The quantitative estimate of drug-likeness (QED) is 0.766. The fourth-order valence-corrected chi connectivity index (χ4v) is 3.59. The summed E-state index contributed by atoms with van der Waals surface area (Å²) in [4.78, 5) is 3.18. The van der Waals surface area contributed by atoms with Crippen LogP contribution in [-0.2, 0) is 0 Å². The van der Waals surface area contributed by atoms with Crippen molar-refractivity contribution in [1.29, 1.82) is 5.26 Å². The van der Waals surface area contributed by atoms with E-state index < -0.39 is 0 Å². The number of benzene rings is 2. The van der Waals surface area contributed by atoms with Crippen molar-refractivity contribution in [2.24, 2.45) is 0 Å². The van der Waals surface area contributed by atoms with Crippen LogP contribution in [0.5, 0.6) is 0 Å². The summed E-state index contributed by atoms with van der Waals surface area (Å²) >= 11 is 1.63. The summed E-state index contributed by atoms with van der Waals surface area (Å²) in [6.07, 6.45) is 0. The van der Waals surface area contributed by atoms with Crippen LogP contribution in [0, 0.1) is 11.3 Å². The van der Waals surface area contributed by atoms with Gasteiger partial charge in [0.1, 0.15) is 17.5 Å². The van der Waals surface area contributed by atoms with Crippen LogP contribution in [0.4, 0.5) is 17.1 Å². The summed E-state index contributed by atoms with van der Waals surface area (Å²) in [5.74, 6) is 0.799. The van der Waals surface area contributed by atoms with Crippen molar-refractivity contribution in [3.63, 3.8) is 0 Å². The van der Waals surface area contributed by atoms with Gasteiger partial charge in [0.05, 0.1) is 22.8 Å². The minimum atomic E-state index is 0.603. The maximum absolute atomic E-state index is 9.72. The molecule has 0 saturated heterocycles. The number of para-hydroxylation sites is 3. The van der Waals surface area contributed by atoms with E-state index in [0.717, 1.165) is 33.5 Å². The van der Waals surface area contributed by atoms with E-state index in [2.05, 4.69) is 22.8 Å². The van der Waals surface area contributed by atoms with E-state index in [0.29, 0.717) is 5.57 Å². The van der Waals surface area contributed by atoms with Gasteiger partial charge in [0.25, 0.3) is 0 Å². The molecule has 2 aromatic carbocycles. The lowest BCUT2D eigenvalue weighted by molar-refractivity contribution is 1.13. The first kappa shape index (κ1) is 13.8. The second kappa shape index (κ2) is 5.41. The molecule has 23 heavy (non-hydrogen) atoms. The zero-order valence-corrected chi connectivity index (χ0v) is 13.3. The predicted octanol–water partition coefficient (Wildman–Crippen LogP) is 4.34. The Bertz CT molecular complexity index is 892. The van der Waals surface area contributed by atoms with Crippen LogP contribution in [0.2, 0.25) is 0 Å². The first-order valence-corrected chi connectivity index (χ1v) is 8.13. The molecular formula is C18H14N4S. The molecule has 0 saturated carbocycles. The molecule has 0 atom stereocenters. The smallest absolute Gasteiger partial charge is 0.131 e. The van der Waals surface area contributed by atoms with Crippen LogP contribution < -0.4 is 15.5 Å². The molecular weight excluding hydrogens is 304 g/mol. The summed E-state index contributed by atoms with van der Waals surface area (Å²) in [6, 6.07) is 18.5. The minimum Gasteiger partial charge on any atom is -0.353 e. The second-order valence-corrected chi connectivity index (χ2v) is 6.22. The molecule has 0 bridgehead atoms. The lowest BCUT2D eigenvalue weighted by Crippen LogP contribution is -2.19. The number of nitriles is 1. The van der Waals surface area contributed by atoms with Gasteiger partial charge >= 0.3 is 0 Å². The maximum Gasteiger partial charge on any atom is 0.131 e. The van der Waals surface area contributed by atoms with Crippen molar-refractivity contribution in [3.8, 4) is 6.07 Å². The van der Waals surface area contributed by atoms with Crippen LogP contribution in [0.15, 0.2) is 75.9 Å². The van der Waals surface area contributed by atoms with Crippen LogP contribution in [-0.4, -0.2) is 7.05 Å². The van der Waals surface area contributed by atoms with E-state index in [1.165, 1.54) is 0 Å². The van der Waals surface area contributed by atoms with Crippen molar-refractivity contribution in [2.45, 2.75) is 4.90 Å². The van der Waals surface area contributed by atoms with Crippen molar-refractivity contribution in [2.75, 3.05) is 22.6 Å². The fourth-order valence-electron chi connectivity index (χ4n) is 2.77. The predicted molar refractivity (Wildman–Crippen MR) is 95.1 cm³/mol. The first-order valence-electron chi connectivity index (χ1n) is 7.25. The molecule has 2 aliphatic rings. The highest BCUT2D eigenvalue weighted by atomic mass is 32.2. The monoisotopic (exact) mass is 318 g/mol. The first-order chi connectivity index (χ1) is 11.3. The average molecular weight is 318 g/mol. The van der Waals surface area contributed by atoms with E-state index in [9.17, 15) is 5.26 Å². The Balaban J connectivity index is 1.74. The largest absolute Gasteiger partial charge is 0.353 e. The molecule has 2 N–H and O–H groups in total. The van der Waals surface area contributed by atoms with Crippen molar-refractivity contribution in [1.82, 2.24) is 0 Å². The van der Waals surface area contributed by atoms with Crippen molar-refractivity contribution in [3.05, 3.63) is 71.0 Å². The van der Waals surface area contributed by atoms with Gasteiger partial charge in [-0.15, -0.1) is 0 Å². The number of nitrogens with one attached hydrogen (secondary N) is 2. The van der Waals surface area contributed by atoms with Gasteiger partial charge in [0.2, 0.25) is 0 Å². The minimum absolute atomic E-state index is 0.603. The van der Waals surface area contributed by atoms with Gasteiger partial charge in [-0.25, -0.2) is 0 Å². The molecule has 0 unspecified atom stereocenters. The number of rotatable bonds is 1. The molecule has 0 spiro atoms. The van der Waals surface area contributed by atoms with E-state index in [1.807, 2.05) is 59.8 Å². The fraction of sp³-hybridized carbons (Fsp3) is 0.0556. The zero-order valence-electron chi connectivity index (χ0n) is 12.5. The summed E-state index contributed by atoms with van der Waals surface area (Å²) in [6.45, 7) is 0. The highest BCUT2D eigenvalue weighted by Crippen LogP contribution is 2.40. The van der Waals surface area contributed by atoms with Gasteiger partial charge < -0.3 is 15.5 Å². The molecule has 2 aliphatic heterocycles. The molecule has 2 aromatic rings. The Kier molecular flexibility index (Phi) is 3.25. The Morgan fingerprint density at radius 3 is 2.57 bits per heavy atom. The van der Waals surface area contributed by atoms with Gasteiger partial charge in [-0.3, -0.25) is 0 Å². The van der Waals surface area contributed by atoms with E-state index in [4.69, 9.17) is 0 Å². The summed E-state index contributed by atoms with van der Waals surface area (Å²) in [5.41, 5.74) is 4.53. The van der Waals surface area contributed by atoms with E-state index >= 15 is 0 Å². The summed E-state index contributed by atoms with van der Waals surface area (Å²) in [5, 5.41) is 18.4. The summed E-state index contributed by atoms with van der Waals surface area (Å²) in [7, 11) is 1.97. The van der Waals surface area contributed by atoms with Crippen LogP contribution in [0.25, 0.3) is 0 Å². The lowest BCUT2D eigenvalue weighted by atomic mass is 10.2. The topological polar surface area (TPSA) is 51.1 Å². The standard InChI is InChI=1S/C18H14N4S/c1-22-16-8-4-2-6-13(16)21-18(22)12(10-19)15-11-23-17-9-5-3-7-14(17)20-15/h2-9,11,20-21H,1H3. The normalized spacial score (nSPS) is 17.2. The lowest BCUT2D eigenvalue weighted by Gasteiger charge is -2.21. The molecule has 2 heterocycles. The molecule has 0 amide bonds. The Labute approximate surface area is 139 Å². The molecule has 0 fully saturated rings. The third-order valence-corrected chi connectivity index (χ3v) is 4.90. The third kappa shape index (κ3) is 2.24. The van der Waals surface area contributed by atoms with Gasteiger partial charge in [0, 0.05) is 17.4 Å². The molecule has 0 aliphatic carbocycles. The number of fused-ring (bicyclic) bond motifs is 2. The highest BCUT2D eigenvalue weighted by molar-refractivity contribution is 8.02. The maximum atomic E-state index is 9.72. The SMILES string of the molecule is CN1C(=C(C#N)C2=CSc3ccccc3N2)Nc2ccccc21. The van der Waals surface area contributed by atoms with Crippen LogP contribution in [0.3, 0.4) is 0 Å². The van der Waals surface area contributed by atoms with Crippen molar-refractivity contribution >= 4 is 28.8 Å².